The number of carbonyl (C=O) groups excluding carboxylic acids is 1. The lowest BCUT2D eigenvalue weighted by Crippen LogP contribution is -2.65. The average Bonchev–Trinajstić information content (AvgIpc) is 3.63. The van der Waals surface area contributed by atoms with E-state index in [0.29, 0.717) is 57.2 Å². The fourth-order valence-corrected chi connectivity index (χ4v) is 11.6. The number of allylic oxidation sites excluding steroid dienone is 9. The average molecular weight is 890 g/mol. The van der Waals surface area contributed by atoms with Gasteiger partial charge in [0.25, 0.3) is 0 Å². The molecule has 0 amide bonds. The number of benzene rings is 1. The molecule has 0 aromatic heterocycles. The van der Waals surface area contributed by atoms with Crippen LogP contribution in [0.4, 0.5) is 0 Å². The van der Waals surface area contributed by atoms with Gasteiger partial charge in [-0.25, -0.2) is 0 Å². The molecule has 4 bridgehead atoms. The van der Waals surface area contributed by atoms with Crippen LogP contribution in [0.5, 0.6) is 0 Å². The number of carbonyl (C=O) groups is 1. The van der Waals surface area contributed by atoms with Gasteiger partial charge in [0.05, 0.1) is 31.5 Å². The Labute approximate surface area is 382 Å². The van der Waals surface area contributed by atoms with Crippen LogP contribution in [0.3, 0.4) is 0 Å². The van der Waals surface area contributed by atoms with Crippen molar-refractivity contribution >= 4 is 6.29 Å². The minimum atomic E-state index is -1.29. The van der Waals surface area contributed by atoms with Crippen molar-refractivity contribution < 1.29 is 44.9 Å². The highest BCUT2D eigenvalue weighted by molar-refractivity contribution is 5.74. The van der Waals surface area contributed by atoms with Gasteiger partial charge in [0.1, 0.15) is 18.6 Å². The van der Waals surface area contributed by atoms with Crippen LogP contribution in [-0.2, 0) is 27.1 Å². The van der Waals surface area contributed by atoms with Gasteiger partial charge in [0.15, 0.2) is 0 Å². The van der Waals surface area contributed by atoms with Crippen molar-refractivity contribution in [2.24, 2.45) is 35.0 Å². The summed E-state index contributed by atoms with van der Waals surface area (Å²) < 4.78 is 11.5. The molecular formula is C52H79N3O9. The molecule has 2 saturated carbocycles. The second kappa shape index (κ2) is 24.1. The number of hydrogen-bond donors (Lipinski definition) is 9. The highest BCUT2D eigenvalue weighted by atomic mass is 16.5. The number of methoxy groups -OCH3 is 1. The second-order valence-corrected chi connectivity index (χ2v) is 19.2. The summed E-state index contributed by atoms with van der Waals surface area (Å²) in [4.78, 5) is 12.5. The number of fused-ring (bicyclic) bond motifs is 5. The lowest BCUT2D eigenvalue weighted by Gasteiger charge is -2.61. The van der Waals surface area contributed by atoms with E-state index >= 15 is 0 Å². The van der Waals surface area contributed by atoms with Gasteiger partial charge in [0, 0.05) is 43.1 Å². The molecule has 3 aliphatic carbocycles. The van der Waals surface area contributed by atoms with Crippen LogP contribution < -0.4 is 16.0 Å². The molecule has 12 nitrogen and oxygen atoms in total. The van der Waals surface area contributed by atoms with E-state index in [4.69, 9.17) is 9.47 Å². The number of hydrogen-bond acceptors (Lipinski definition) is 12. The van der Waals surface area contributed by atoms with Crippen LogP contribution in [0, 0.1) is 35.0 Å². The van der Waals surface area contributed by atoms with Gasteiger partial charge in [-0.05, 0) is 151 Å². The van der Waals surface area contributed by atoms with E-state index in [1.165, 1.54) is 11.1 Å². The molecule has 9 N–H and O–H groups in total. The zero-order valence-corrected chi connectivity index (χ0v) is 39.1. The van der Waals surface area contributed by atoms with Crippen molar-refractivity contribution in [3.05, 3.63) is 106 Å². The lowest BCUT2D eigenvalue weighted by atomic mass is 9.45. The zero-order valence-electron chi connectivity index (χ0n) is 39.1. The minimum Gasteiger partial charge on any atom is -0.396 e. The van der Waals surface area contributed by atoms with Crippen LogP contribution in [0.15, 0.2) is 95.2 Å². The zero-order chi connectivity index (χ0) is 46.5. The first-order valence-corrected chi connectivity index (χ1v) is 23.5. The van der Waals surface area contributed by atoms with Gasteiger partial charge in [-0.1, -0.05) is 78.4 Å². The van der Waals surface area contributed by atoms with E-state index in [9.17, 15) is 35.4 Å². The van der Waals surface area contributed by atoms with Gasteiger partial charge >= 0.3 is 0 Å². The fourth-order valence-electron chi connectivity index (χ4n) is 11.6. The van der Waals surface area contributed by atoms with Crippen LogP contribution in [0.2, 0.25) is 0 Å². The van der Waals surface area contributed by atoms with Crippen molar-refractivity contribution in [2.45, 2.75) is 108 Å². The Kier molecular flexibility index (Phi) is 19.5. The molecule has 11 atom stereocenters. The second-order valence-electron chi connectivity index (χ2n) is 19.2. The number of aliphatic hydroxyl groups is 6. The van der Waals surface area contributed by atoms with E-state index < -0.39 is 42.0 Å². The van der Waals surface area contributed by atoms with Crippen molar-refractivity contribution in [2.75, 3.05) is 67.3 Å². The van der Waals surface area contributed by atoms with Crippen LogP contribution in [0.25, 0.3) is 0 Å². The maximum absolute atomic E-state index is 13.0. The summed E-state index contributed by atoms with van der Waals surface area (Å²) in [5.41, 5.74) is 3.75. The molecule has 0 radical (unpaired) electrons. The van der Waals surface area contributed by atoms with Crippen molar-refractivity contribution in [1.82, 2.24) is 16.0 Å². The van der Waals surface area contributed by atoms with Gasteiger partial charge in [0.2, 0.25) is 0 Å². The van der Waals surface area contributed by atoms with Gasteiger partial charge < -0.3 is 50.7 Å². The summed E-state index contributed by atoms with van der Waals surface area (Å²) >= 11 is 0. The largest absolute Gasteiger partial charge is 0.396 e. The van der Waals surface area contributed by atoms with Crippen molar-refractivity contribution in [3.63, 3.8) is 0 Å². The first kappa shape index (κ1) is 51.9. The van der Waals surface area contributed by atoms with Crippen LogP contribution in [0.1, 0.15) is 76.3 Å². The molecule has 5 rings (SSSR count). The summed E-state index contributed by atoms with van der Waals surface area (Å²) in [5, 5.41) is 77.6. The van der Waals surface area contributed by atoms with Gasteiger partial charge in [-0.15, -0.1) is 0 Å². The highest BCUT2D eigenvalue weighted by Gasteiger charge is 2.68. The Morgan fingerprint density at radius 1 is 1.09 bits per heavy atom. The standard InChI is InChI=1S/C52H79N3O9/c1-35(41-14-13-36(2)49(61)55-50(20-23-53-4,22-26-63-6)29-39-11-8-10-38(27-39)28-41)9-7-12-43(33-64-34-44(59)32-58)45-17-19-52(48(45)60)47-40(18-25-56)15-16-42(46(47)37(3)31-57)30-51(52,62)21-24-54-5/h7-13,15-16,27,31,40-42,44-45,47-49,53-56,58-62H,1,14,17-26,28-30,32-34H2,2-6H3. The van der Waals surface area contributed by atoms with E-state index in [2.05, 4.69) is 65.0 Å². The number of aliphatic hydroxyl groups excluding tert-OH is 5. The quantitative estimate of drug-likeness (QED) is 0.0370. The lowest BCUT2D eigenvalue weighted by molar-refractivity contribution is -0.194. The topological polar surface area (TPSA) is 193 Å². The third kappa shape index (κ3) is 11.9. The predicted molar refractivity (Wildman–Crippen MR) is 252 cm³/mol. The Morgan fingerprint density at radius 2 is 1.84 bits per heavy atom. The number of aldehydes is 1. The summed E-state index contributed by atoms with van der Waals surface area (Å²) in [6.07, 6.45) is 16.0. The number of ether oxygens (including phenoxy) is 2. The van der Waals surface area contributed by atoms with E-state index in [0.717, 1.165) is 60.8 Å². The van der Waals surface area contributed by atoms with Crippen molar-refractivity contribution in [3.8, 4) is 0 Å². The fraction of sp³-hybridized carbons (Fsp3) is 0.635. The Balaban J connectivity index is 1.50. The van der Waals surface area contributed by atoms with Crippen LogP contribution >= 0.6 is 0 Å². The summed E-state index contributed by atoms with van der Waals surface area (Å²) in [7, 11) is 5.50. The molecule has 1 spiro atoms. The maximum Gasteiger partial charge on any atom is 0.145 e. The third-order valence-electron chi connectivity index (χ3n) is 15.1. The molecule has 1 heterocycles. The molecular weight excluding hydrogens is 811 g/mol. The molecule has 2 fully saturated rings. The van der Waals surface area contributed by atoms with E-state index in [-0.39, 0.29) is 49.0 Å². The molecule has 0 saturated heterocycles. The SMILES string of the molecule is C=C(C=CC=C(COCC(O)CO)C1CCC2(C1O)C1C(=C(C)C=O)C(C=CC1CCO)CC2(O)CCNC)C1CC=C(C)C(O)NC(CCNC)(CCOC)Cc2cccc(c2)C1. The Hall–Kier alpha value is -3.11. The smallest absolute Gasteiger partial charge is 0.145 e. The third-order valence-corrected chi connectivity index (χ3v) is 15.1. The molecule has 1 aromatic carbocycles. The van der Waals surface area contributed by atoms with E-state index in [1.807, 2.05) is 46.2 Å². The minimum absolute atomic E-state index is 0.00945. The highest BCUT2D eigenvalue weighted by Crippen LogP contribution is 2.67. The molecule has 356 valence electrons. The summed E-state index contributed by atoms with van der Waals surface area (Å²) in [5.74, 6) is -1.15. The van der Waals surface area contributed by atoms with Crippen LogP contribution in [-0.4, -0.2) is 134 Å². The maximum atomic E-state index is 13.0. The molecule has 11 unspecified atom stereocenters. The summed E-state index contributed by atoms with van der Waals surface area (Å²) in [6.45, 7) is 9.68. The predicted octanol–water partition coefficient (Wildman–Crippen LogP) is 4.26. The van der Waals surface area contributed by atoms with Gasteiger partial charge in [-0.3, -0.25) is 10.1 Å². The molecule has 64 heavy (non-hydrogen) atoms. The van der Waals surface area contributed by atoms with Crippen molar-refractivity contribution in [1.29, 1.82) is 0 Å². The first-order chi connectivity index (χ1) is 30.7. The van der Waals surface area contributed by atoms with Gasteiger partial charge in [-0.2, -0.15) is 0 Å². The molecule has 12 heteroatoms. The summed E-state index contributed by atoms with van der Waals surface area (Å²) in [6, 6.07) is 8.68. The Bertz CT molecular complexity index is 1850. The number of rotatable bonds is 21. The monoisotopic (exact) mass is 890 g/mol. The Morgan fingerprint density at radius 3 is 2.55 bits per heavy atom. The molecule has 1 aliphatic heterocycles. The number of nitrogens with one attached hydrogen (secondary N) is 3. The van der Waals surface area contributed by atoms with E-state index in [1.54, 1.807) is 7.11 Å². The molecule has 1 aromatic rings. The first-order valence-electron chi connectivity index (χ1n) is 23.5. The molecule has 4 aliphatic rings. The normalized spacial score (nSPS) is 33.5.